The largest absolute Gasteiger partial charge is 0.466 e. The highest BCUT2D eigenvalue weighted by Gasteiger charge is 2.31. The average Bonchev–Trinajstić information content (AvgIpc) is 2.84. The topological polar surface area (TPSA) is 107 Å². The Bertz CT molecular complexity index is 1380. The third-order valence-electron chi connectivity index (χ3n) is 5.62. The van der Waals surface area contributed by atoms with Crippen molar-refractivity contribution >= 4 is 6.02 Å². The fraction of sp³-hybridized carbons (Fsp3) is 0.120. The molecule has 1 aromatic carbocycles. The summed E-state index contributed by atoms with van der Waals surface area (Å²) in [5, 5.41) is 7.36. The molecule has 4 aromatic rings. The maximum atomic E-state index is 15.1. The predicted molar refractivity (Wildman–Crippen MR) is 121 cm³/mol. The molecule has 1 atom stereocenters. The summed E-state index contributed by atoms with van der Waals surface area (Å²) in [7, 11) is 0. The van der Waals surface area contributed by atoms with Crippen molar-refractivity contribution in [2.24, 2.45) is 5.73 Å². The Balaban J connectivity index is 1.63. The molecule has 0 fully saturated rings. The predicted octanol–water partition coefficient (Wildman–Crippen LogP) is 5.02. The van der Waals surface area contributed by atoms with Crippen LogP contribution >= 0.6 is 0 Å². The highest BCUT2D eigenvalue weighted by molar-refractivity contribution is 5.69. The molecule has 0 bridgehead atoms. The van der Waals surface area contributed by atoms with Crippen LogP contribution in [-0.2, 0) is 4.74 Å². The smallest absolute Gasteiger partial charge is 0.278 e. The molecule has 0 unspecified atom stereocenters. The van der Waals surface area contributed by atoms with Gasteiger partial charge in [-0.15, -0.1) is 0 Å². The first-order chi connectivity index (χ1) is 16.5. The van der Waals surface area contributed by atoms with Crippen LogP contribution in [0.3, 0.4) is 0 Å². The molecule has 0 amide bonds. The first-order valence-corrected chi connectivity index (χ1v) is 10.5. The van der Waals surface area contributed by atoms with Crippen molar-refractivity contribution in [1.29, 1.82) is 5.41 Å². The molecule has 0 aliphatic carbocycles. The van der Waals surface area contributed by atoms with Gasteiger partial charge in [0.2, 0.25) is 5.95 Å². The molecule has 1 aliphatic rings. The van der Waals surface area contributed by atoms with Crippen LogP contribution in [0.4, 0.5) is 8.78 Å². The lowest BCUT2D eigenvalue weighted by Gasteiger charge is -2.29. The molecule has 1 aliphatic heterocycles. The van der Waals surface area contributed by atoms with E-state index in [0.29, 0.717) is 40.1 Å². The Morgan fingerprint density at radius 3 is 2.65 bits per heavy atom. The van der Waals surface area contributed by atoms with Crippen LogP contribution in [0.5, 0.6) is 11.5 Å². The van der Waals surface area contributed by atoms with Gasteiger partial charge >= 0.3 is 0 Å². The highest BCUT2D eigenvalue weighted by Crippen LogP contribution is 2.48. The SMILES string of the molecule is N=C(N)OCC[C@@H]1c2cc(-c3cccnc3F)ccc2Oc2c1cc(-c1cccnc1)nc2F. The highest BCUT2D eigenvalue weighted by atomic mass is 19.1. The van der Waals surface area contributed by atoms with Gasteiger partial charge in [-0.3, -0.25) is 10.4 Å². The first-order valence-electron chi connectivity index (χ1n) is 10.5. The fourth-order valence-electron chi connectivity index (χ4n) is 4.10. The third-order valence-corrected chi connectivity index (χ3v) is 5.62. The van der Waals surface area contributed by atoms with E-state index in [1.165, 1.54) is 6.20 Å². The minimum Gasteiger partial charge on any atom is -0.466 e. The lowest BCUT2D eigenvalue weighted by molar-refractivity contribution is 0.279. The zero-order valence-electron chi connectivity index (χ0n) is 17.8. The summed E-state index contributed by atoms with van der Waals surface area (Å²) in [6, 6.07) is 13.4. The van der Waals surface area contributed by atoms with E-state index >= 15 is 4.39 Å². The molecular weight excluding hydrogens is 440 g/mol. The number of fused-ring (bicyclic) bond motifs is 2. The van der Waals surface area contributed by atoms with Gasteiger partial charge < -0.3 is 15.2 Å². The summed E-state index contributed by atoms with van der Waals surface area (Å²) in [6.07, 6.45) is 4.98. The van der Waals surface area contributed by atoms with Crippen LogP contribution in [0.15, 0.2) is 67.1 Å². The minimum atomic E-state index is -0.748. The quantitative estimate of drug-likeness (QED) is 0.247. The lowest BCUT2D eigenvalue weighted by atomic mass is 9.84. The second-order valence-electron chi connectivity index (χ2n) is 7.71. The van der Waals surface area contributed by atoms with Crippen molar-refractivity contribution in [3.63, 3.8) is 0 Å². The third kappa shape index (κ3) is 4.03. The second-order valence-corrected chi connectivity index (χ2v) is 7.71. The minimum absolute atomic E-state index is 0.0215. The number of hydrogen-bond donors (Lipinski definition) is 2. The molecule has 4 heterocycles. The Hall–Kier alpha value is -4.40. The standard InChI is InChI=1S/C25H19F2N5O2/c26-23-16(4-2-9-31-23)14-5-6-21-18(11-14)17(7-10-33-25(28)29)19-12-20(15-3-1-8-30-13-15)32-24(27)22(19)34-21/h1-6,8-9,11-13,17H,7,10H2,(H3,28,29)/t17-/m1/s1. The summed E-state index contributed by atoms with van der Waals surface area (Å²) in [6.45, 7) is 0.122. The van der Waals surface area contributed by atoms with Gasteiger partial charge in [0, 0.05) is 46.8 Å². The maximum Gasteiger partial charge on any atom is 0.278 e. The van der Waals surface area contributed by atoms with Gasteiger partial charge in [-0.05, 0) is 54.4 Å². The van der Waals surface area contributed by atoms with Crippen molar-refractivity contribution in [2.75, 3.05) is 6.61 Å². The number of nitrogens with zero attached hydrogens (tertiary/aromatic N) is 3. The van der Waals surface area contributed by atoms with Crippen LogP contribution < -0.4 is 10.5 Å². The van der Waals surface area contributed by atoms with Crippen LogP contribution in [0, 0.1) is 17.3 Å². The molecule has 3 N–H and O–H groups in total. The molecule has 0 spiro atoms. The molecule has 0 radical (unpaired) electrons. The number of hydrogen-bond acceptors (Lipinski definition) is 6. The number of halogens is 2. The van der Waals surface area contributed by atoms with E-state index < -0.39 is 17.9 Å². The van der Waals surface area contributed by atoms with Gasteiger partial charge in [-0.1, -0.05) is 6.07 Å². The molecule has 9 heteroatoms. The van der Waals surface area contributed by atoms with Crippen molar-refractivity contribution in [3.05, 3.63) is 90.1 Å². The Morgan fingerprint density at radius 1 is 1.03 bits per heavy atom. The van der Waals surface area contributed by atoms with Crippen molar-refractivity contribution in [3.8, 4) is 33.9 Å². The van der Waals surface area contributed by atoms with Gasteiger partial charge in [0.15, 0.2) is 5.75 Å². The lowest BCUT2D eigenvalue weighted by Crippen LogP contribution is -2.19. The van der Waals surface area contributed by atoms with E-state index in [1.807, 2.05) is 0 Å². The molecule has 0 saturated carbocycles. The normalized spacial score (nSPS) is 14.0. The van der Waals surface area contributed by atoms with E-state index in [-0.39, 0.29) is 18.3 Å². The fourth-order valence-corrected chi connectivity index (χ4v) is 4.10. The van der Waals surface area contributed by atoms with Gasteiger partial charge in [0.1, 0.15) is 5.75 Å². The van der Waals surface area contributed by atoms with Crippen molar-refractivity contribution < 1.29 is 18.3 Å². The molecule has 0 saturated heterocycles. The summed E-state index contributed by atoms with van der Waals surface area (Å²) in [5.74, 6) is -1.27. The number of benzene rings is 1. The van der Waals surface area contributed by atoms with Gasteiger partial charge in [0.25, 0.3) is 12.0 Å². The number of aromatic nitrogens is 3. The second kappa shape index (κ2) is 8.86. The Kier molecular flexibility index (Phi) is 5.59. The summed E-state index contributed by atoms with van der Waals surface area (Å²) < 4.78 is 40.6. The van der Waals surface area contributed by atoms with Gasteiger partial charge in [0.05, 0.1) is 12.3 Å². The molecule has 170 valence electrons. The molecule has 7 nitrogen and oxygen atoms in total. The maximum absolute atomic E-state index is 15.1. The number of pyridine rings is 3. The van der Waals surface area contributed by atoms with Crippen LogP contribution in [0.2, 0.25) is 0 Å². The number of nitrogens with one attached hydrogen (secondary N) is 1. The van der Waals surface area contributed by atoms with E-state index in [1.54, 1.807) is 60.9 Å². The number of nitrogens with two attached hydrogens (primary N) is 1. The first kappa shape index (κ1) is 21.4. The number of ether oxygens (including phenoxy) is 2. The summed E-state index contributed by atoms with van der Waals surface area (Å²) in [5.41, 5.74) is 8.64. The number of rotatable bonds is 5. The summed E-state index contributed by atoms with van der Waals surface area (Å²) in [4.78, 5) is 11.9. The van der Waals surface area contributed by atoms with Crippen molar-refractivity contribution in [1.82, 2.24) is 15.0 Å². The monoisotopic (exact) mass is 459 g/mol. The molecular formula is C25H19F2N5O2. The Labute approximate surface area is 193 Å². The van der Waals surface area contributed by atoms with Crippen molar-refractivity contribution in [2.45, 2.75) is 12.3 Å². The number of amidine groups is 1. The van der Waals surface area contributed by atoms with Gasteiger partial charge in [-0.2, -0.15) is 8.78 Å². The zero-order chi connectivity index (χ0) is 23.7. The van der Waals surface area contributed by atoms with E-state index in [0.717, 1.165) is 5.56 Å². The Morgan fingerprint density at radius 2 is 1.88 bits per heavy atom. The van der Waals surface area contributed by atoms with Crippen LogP contribution in [0.1, 0.15) is 23.5 Å². The molecule has 34 heavy (non-hydrogen) atoms. The molecule has 3 aromatic heterocycles. The van der Waals surface area contributed by atoms with E-state index in [4.69, 9.17) is 20.6 Å². The summed E-state index contributed by atoms with van der Waals surface area (Å²) >= 11 is 0. The zero-order valence-corrected chi connectivity index (χ0v) is 17.8. The average molecular weight is 459 g/mol. The van der Waals surface area contributed by atoms with E-state index in [9.17, 15) is 4.39 Å². The van der Waals surface area contributed by atoms with E-state index in [2.05, 4.69) is 15.0 Å². The van der Waals surface area contributed by atoms with Crippen LogP contribution in [-0.4, -0.2) is 27.6 Å². The van der Waals surface area contributed by atoms with Gasteiger partial charge in [-0.25, -0.2) is 9.97 Å². The molecule has 5 rings (SSSR count). The van der Waals surface area contributed by atoms with Crippen LogP contribution in [0.25, 0.3) is 22.4 Å².